The molecule has 0 saturated carbocycles. The molecule has 0 bridgehead atoms. The predicted molar refractivity (Wildman–Crippen MR) is 101 cm³/mol. The van der Waals surface area contributed by atoms with E-state index in [0.29, 0.717) is 12.8 Å². The van der Waals surface area contributed by atoms with Crippen molar-refractivity contribution < 1.29 is 33.7 Å². The average Bonchev–Trinajstić information content (AvgIpc) is 2.90. The molecule has 0 aromatic rings. The average molecular weight is 392 g/mol. The highest BCUT2D eigenvalue weighted by molar-refractivity contribution is 5.91. The van der Waals surface area contributed by atoms with Crippen LogP contribution >= 0.6 is 0 Å². The molecule has 1 heterocycles. The molecule has 0 spiro atoms. The summed E-state index contributed by atoms with van der Waals surface area (Å²) in [6.45, 7) is 8.76. The quantitative estimate of drug-likeness (QED) is 0.331. The summed E-state index contributed by atoms with van der Waals surface area (Å²) in [5.41, 5.74) is 1.76. The number of carbonyl (C=O) groups excluding carboxylic acids is 3. The highest BCUT2D eigenvalue weighted by Crippen LogP contribution is 2.34. The summed E-state index contributed by atoms with van der Waals surface area (Å²) in [6.07, 6.45) is 3.51. The van der Waals surface area contributed by atoms with Crippen molar-refractivity contribution in [1.29, 1.82) is 0 Å². The first-order chi connectivity index (χ1) is 13.2. The summed E-state index contributed by atoms with van der Waals surface area (Å²) in [6, 6.07) is 0. The first-order valence-electron chi connectivity index (χ1n) is 9.44. The fourth-order valence-corrected chi connectivity index (χ4v) is 3.22. The summed E-state index contributed by atoms with van der Waals surface area (Å²) in [7, 11) is 0. The van der Waals surface area contributed by atoms with Crippen LogP contribution < -0.4 is 0 Å². The van der Waals surface area contributed by atoms with Crippen molar-refractivity contribution in [1.82, 2.24) is 0 Å². The molecule has 2 aliphatic rings. The molecule has 1 N–H and O–H groups in total. The number of ether oxygens (including phenoxy) is 3. The minimum atomic E-state index is -0.919. The van der Waals surface area contributed by atoms with Gasteiger partial charge in [0, 0.05) is 12.5 Å². The second-order valence-electron chi connectivity index (χ2n) is 7.46. The molecular formula is C21H28O7. The molecule has 1 aliphatic carbocycles. The Balaban J connectivity index is 2.23. The normalized spacial score (nSPS) is 29.1. The number of allylic oxidation sites excluding steroid dienone is 1. The molecule has 3 atom stereocenters. The molecule has 1 fully saturated rings. The first-order valence-corrected chi connectivity index (χ1v) is 9.44. The smallest absolute Gasteiger partial charge is 0.334 e. The van der Waals surface area contributed by atoms with Crippen LogP contribution in [0.25, 0.3) is 0 Å². The molecule has 154 valence electrons. The minimum Gasteiger partial charge on any atom is -0.461 e. The molecule has 0 amide bonds. The molecule has 0 aromatic carbocycles. The summed E-state index contributed by atoms with van der Waals surface area (Å²) in [5, 5.41) is 10.7. The fourth-order valence-electron chi connectivity index (χ4n) is 3.22. The van der Waals surface area contributed by atoms with E-state index in [1.165, 1.54) is 6.92 Å². The molecule has 0 aromatic heterocycles. The Bertz CT molecular complexity index is 702. The van der Waals surface area contributed by atoms with Crippen molar-refractivity contribution in [2.45, 2.75) is 52.2 Å². The second-order valence-corrected chi connectivity index (χ2v) is 7.46. The zero-order valence-electron chi connectivity index (χ0n) is 16.6. The molecule has 1 saturated heterocycles. The van der Waals surface area contributed by atoms with Crippen molar-refractivity contribution in [2.24, 2.45) is 11.8 Å². The van der Waals surface area contributed by atoms with Crippen LogP contribution in [-0.4, -0.2) is 48.4 Å². The highest BCUT2D eigenvalue weighted by atomic mass is 16.6. The maximum atomic E-state index is 12.0. The topological polar surface area (TPSA) is 99.1 Å². The van der Waals surface area contributed by atoms with Crippen LogP contribution in [0.1, 0.15) is 40.0 Å². The number of fused-ring (bicyclic) bond motifs is 1. The van der Waals surface area contributed by atoms with Gasteiger partial charge in [-0.25, -0.2) is 4.79 Å². The lowest BCUT2D eigenvalue weighted by Gasteiger charge is -2.24. The Kier molecular flexibility index (Phi) is 7.57. The van der Waals surface area contributed by atoms with Gasteiger partial charge in [0.25, 0.3) is 0 Å². The third-order valence-corrected chi connectivity index (χ3v) is 4.78. The Labute approximate surface area is 165 Å². The molecule has 2 rings (SSSR count). The monoisotopic (exact) mass is 392 g/mol. The van der Waals surface area contributed by atoms with Gasteiger partial charge in [-0.1, -0.05) is 26.5 Å². The van der Waals surface area contributed by atoms with E-state index in [-0.39, 0.29) is 37.1 Å². The van der Waals surface area contributed by atoms with Gasteiger partial charge >= 0.3 is 17.9 Å². The van der Waals surface area contributed by atoms with Crippen LogP contribution in [0.2, 0.25) is 0 Å². The van der Waals surface area contributed by atoms with Crippen molar-refractivity contribution in [3.63, 3.8) is 0 Å². The van der Waals surface area contributed by atoms with E-state index in [0.717, 1.165) is 11.1 Å². The number of aliphatic hydroxyl groups excluding tert-OH is 1. The van der Waals surface area contributed by atoms with E-state index in [1.54, 1.807) is 19.9 Å². The molecular weight excluding hydrogens is 364 g/mol. The highest BCUT2D eigenvalue weighted by Gasteiger charge is 2.42. The van der Waals surface area contributed by atoms with Crippen LogP contribution in [0.15, 0.2) is 35.5 Å². The number of carbonyl (C=O) groups is 3. The number of aliphatic hydroxyl groups is 1. The van der Waals surface area contributed by atoms with Gasteiger partial charge < -0.3 is 19.3 Å². The summed E-state index contributed by atoms with van der Waals surface area (Å²) >= 11 is 0. The van der Waals surface area contributed by atoms with E-state index in [2.05, 4.69) is 6.58 Å². The second kappa shape index (κ2) is 9.68. The van der Waals surface area contributed by atoms with Gasteiger partial charge in [0.05, 0.1) is 17.9 Å². The van der Waals surface area contributed by atoms with Gasteiger partial charge in [-0.15, -0.1) is 0 Å². The number of hydrogen-bond donors (Lipinski definition) is 1. The number of esters is 3. The zero-order chi connectivity index (χ0) is 20.8. The summed E-state index contributed by atoms with van der Waals surface area (Å²) in [5.74, 6) is -2.12. The Morgan fingerprint density at radius 2 is 1.96 bits per heavy atom. The minimum absolute atomic E-state index is 0.0791. The molecule has 0 unspecified atom stereocenters. The molecule has 0 radical (unpaired) electrons. The largest absolute Gasteiger partial charge is 0.461 e. The lowest BCUT2D eigenvalue weighted by atomic mass is 9.85. The SMILES string of the molecule is C=C1C(=O)O[C@@H]2/C=C(\COC(C)=O)CC/C=C(\COC(=O)C(C)C)C[C@@H](O)[C@@H]12. The van der Waals surface area contributed by atoms with Crippen LogP contribution in [0.5, 0.6) is 0 Å². The van der Waals surface area contributed by atoms with Crippen LogP contribution in [0.3, 0.4) is 0 Å². The Hall–Kier alpha value is -2.41. The van der Waals surface area contributed by atoms with Gasteiger partial charge in [0.2, 0.25) is 0 Å². The number of hydrogen-bond acceptors (Lipinski definition) is 7. The van der Waals surface area contributed by atoms with E-state index < -0.39 is 30.1 Å². The van der Waals surface area contributed by atoms with Crippen LogP contribution in [0.4, 0.5) is 0 Å². The maximum Gasteiger partial charge on any atom is 0.334 e. The Morgan fingerprint density at radius 3 is 2.61 bits per heavy atom. The molecule has 1 aliphatic heterocycles. The van der Waals surface area contributed by atoms with E-state index in [1.807, 2.05) is 6.08 Å². The molecule has 7 heteroatoms. The zero-order valence-corrected chi connectivity index (χ0v) is 16.6. The lowest BCUT2D eigenvalue weighted by Crippen LogP contribution is -2.30. The van der Waals surface area contributed by atoms with Crippen molar-refractivity contribution in [2.75, 3.05) is 13.2 Å². The van der Waals surface area contributed by atoms with Crippen molar-refractivity contribution in [3.05, 3.63) is 35.5 Å². The van der Waals surface area contributed by atoms with Crippen molar-refractivity contribution in [3.8, 4) is 0 Å². The van der Waals surface area contributed by atoms with Crippen LogP contribution in [-0.2, 0) is 28.6 Å². The predicted octanol–water partition coefficient (Wildman–Crippen LogP) is 2.24. The molecule has 28 heavy (non-hydrogen) atoms. The fraction of sp³-hybridized carbons (Fsp3) is 0.571. The third-order valence-electron chi connectivity index (χ3n) is 4.78. The van der Waals surface area contributed by atoms with Crippen LogP contribution in [0, 0.1) is 11.8 Å². The van der Waals surface area contributed by atoms with Gasteiger partial charge in [-0.05, 0) is 36.5 Å². The van der Waals surface area contributed by atoms with E-state index >= 15 is 0 Å². The van der Waals surface area contributed by atoms with Gasteiger partial charge in [-0.3, -0.25) is 9.59 Å². The van der Waals surface area contributed by atoms with E-state index in [4.69, 9.17) is 14.2 Å². The summed E-state index contributed by atoms with van der Waals surface area (Å²) in [4.78, 5) is 34.9. The van der Waals surface area contributed by atoms with Crippen molar-refractivity contribution >= 4 is 17.9 Å². The number of rotatable bonds is 5. The van der Waals surface area contributed by atoms with E-state index in [9.17, 15) is 19.5 Å². The van der Waals surface area contributed by atoms with Gasteiger partial charge in [0.15, 0.2) is 0 Å². The maximum absolute atomic E-state index is 12.0. The molecule has 7 nitrogen and oxygen atoms in total. The third kappa shape index (κ3) is 5.79. The summed E-state index contributed by atoms with van der Waals surface area (Å²) < 4.78 is 15.8. The van der Waals surface area contributed by atoms with Gasteiger partial charge in [0.1, 0.15) is 19.3 Å². The Morgan fingerprint density at radius 1 is 1.29 bits per heavy atom. The first kappa shape index (κ1) is 21.9. The standard InChI is InChI=1S/C21H28O7/c1-12(2)20(24)27-11-15-6-5-7-16(10-26-14(4)22)9-18-19(17(23)8-15)13(3)21(25)28-18/h6,9,12,17-19,23H,3,5,7-8,10-11H2,1-2,4H3/b15-6-,16-9-/t17-,18-,19-/m1/s1. The van der Waals surface area contributed by atoms with Gasteiger partial charge in [-0.2, -0.15) is 0 Å². The lowest BCUT2D eigenvalue weighted by molar-refractivity contribution is -0.146.